The molecule has 3 amide bonds. The molecule has 13 nitrogen and oxygen atoms in total. The van der Waals surface area contributed by atoms with Crippen molar-refractivity contribution in [1.29, 1.82) is 0 Å². The maximum atomic E-state index is 14.5. The Morgan fingerprint density at radius 2 is 1.39 bits per heavy atom. The quantitative estimate of drug-likeness (QED) is 0.120. The van der Waals surface area contributed by atoms with Crippen LogP contribution < -0.4 is 20.7 Å². The van der Waals surface area contributed by atoms with E-state index in [0.29, 0.717) is 28.4 Å². The predicted molar refractivity (Wildman–Crippen MR) is 216 cm³/mol. The fourth-order valence-corrected chi connectivity index (χ4v) is 8.33. The third-order valence-corrected chi connectivity index (χ3v) is 11.0. The Balaban J connectivity index is 1.47. The lowest BCUT2D eigenvalue weighted by atomic mass is 9.43. The zero-order valence-electron chi connectivity index (χ0n) is 36.0. The highest BCUT2D eigenvalue weighted by atomic mass is 16.7. The number of amides is 3. The lowest BCUT2D eigenvalue weighted by Crippen LogP contribution is -2.65. The summed E-state index contributed by atoms with van der Waals surface area (Å²) < 4.78 is 36.0. The fraction of sp³-hybridized carbons (Fsp3) is 0.628. The number of nitrogens with one attached hydrogen (secondary N) is 3. The summed E-state index contributed by atoms with van der Waals surface area (Å²) in [5.74, 6) is -0.547. The van der Waals surface area contributed by atoms with Crippen LogP contribution in [0.15, 0.2) is 36.4 Å². The number of alkyl carbamates (subject to hydrolysis) is 2. The molecule has 3 N–H and O–H groups in total. The van der Waals surface area contributed by atoms with E-state index in [0.717, 1.165) is 12.8 Å². The summed E-state index contributed by atoms with van der Waals surface area (Å²) in [7, 11) is 0.677. The number of carbonyl (C=O) groups is 4. The van der Waals surface area contributed by atoms with Gasteiger partial charge in [-0.1, -0.05) is 32.0 Å². The minimum atomic E-state index is -0.820. The molecule has 1 aliphatic heterocycles. The number of methoxy groups -OCH3 is 1. The van der Waals surface area contributed by atoms with Crippen molar-refractivity contribution < 1.29 is 47.4 Å². The first kappa shape index (κ1) is 43.8. The number of para-hydroxylation sites is 1. The predicted octanol–water partition coefficient (Wildman–Crippen LogP) is 7.31. The van der Waals surface area contributed by atoms with E-state index in [4.69, 9.17) is 28.3 Å². The number of esters is 1. The molecule has 3 saturated carbocycles. The molecule has 312 valence electrons. The molecule has 2 bridgehead atoms. The first-order valence-corrected chi connectivity index (χ1v) is 19.9. The van der Waals surface area contributed by atoms with Gasteiger partial charge < -0.3 is 44.2 Å². The van der Waals surface area contributed by atoms with Crippen molar-refractivity contribution in [3.63, 3.8) is 0 Å². The molecule has 1 saturated heterocycles. The Hall–Kier alpha value is -4.30. The monoisotopic (exact) mass is 791 g/mol. The SMILES string of the molecule is COc1c(C[C@H](NC(=O)c2cc(CNC(=O)OC(C)(C)C)cc(CNC(=O)OC(C)(C)C)c2)B2OC3CC4CC(C4(C)C)C3(C)O2)cccc1C(=O)OC(C)(C)C. The molecule has 1 heterocycles. The summed E-state index contributed by atoms with van der Waals surface area (Å²) >= 11 is 0. The Bertz CT molecular complexity index is 1790. The van der Waals surface area contributed by atoms with Gasteiger partial charge in [-0.25, -0.2) is 14.4 Å². The third-order valence-electron chi connectivity index (χ3n) is 11.0. The normalized spacial score (nSPS) is 23.0. The van der Waals surface area contributed by atoms with Crippen molar-refractivity contribution in [2.24, 2.45) is 17.3 Å². The van der Waals surface area contributed by atoms with E-state index in [2.05, 4.69) is 36.7 Å². The van der Waals surface area contributed by atoms with E-state index in [1.807, 2.05) is 6.07 Å². The summed E-state index contributed by atoms with van der Waals surface area (Å²) in [6.45, 7) is 22.8. The van der Waals surface area contributed by atoms with Gasteiger partial charge in [-0.05, 0) is 141 Å². The molecule has 0 spiro atoms. The first-order valence-electron chi connectivity index (χ1n) is 19.9. The second-order valence-corrected chi connectivity index (χ2v) is 19.4. The standard InChI is InChI=1S/C43H62BN3O10/c1-39(2,3)53-36(49)30-16-14-15-27(34(30)52-13)20-33(44-56-32-22-29-21-31(42(29,10)11)43(32,12)57-44)47-35(48)28-18-25(23-45-37(50)54-40(4,5)6)17-26(19-28)24-46-38(51)55-41(7,8)9/h14-19,29,31-33H,20-24H2,1-13H3,(H,45,50)(H,46,51)(H,47,48)/t29?,31?,32?,33-,43?/m0/s1. The lowest BCUT2D eigenvalue weighted by molar-refractivity contribution is -0.199. The zero-order valence-corrected chi connectivity index (χ0v) is 36.0. The Morgan fingerprint density at radius 1 is 0.825 bits per heavy atom. The molecule has 14 heteroatoms. The van der Waals surface area contributed by atoms with Gasteiger partial charge in [0.2, 0.25) is 0 Å². The summed E-state index contributed by atoms with van der Waals surface area (Å²) in [6.07, 6.45) is 0.739. The summed E-state index contributed by atoms with van der Waals surface area (Å²) in [5.41, 5.74) is -0.173. The molecule has 5 atom stereocenters. The molecule has 3 aliphatic carbocycles. The van der Waals surface area contributed by atoms with Gasteiger partial charge in [-0.15, -0.1) is 0 Å². The van der Waals surface area contributed by atoms with Gasteiger partial charge in [0.15, 0.2) is 0 Å². The number of benzene rings is 2. The van der Waals surface area contributed by atoms with Gasteiger partial charge in [0.1, 0.15) is 28.1 Å². The van der Waals surface area contributed by atoms with Crippen LogP contribution in [0.3, 0.4) is 0 Å². The van der Waals surface area contributed by atoms with Crippen LogP contribution in [0.4, 0.5) is 9.59 Å². The molecule has 6 rings (SSSR count). The van der Waals surface area contributed by atoms with E-state index in [1.54, 1.807) is 92.6 Å². The molecule has 4 aliphatic rings. The smallest absolute Gasteiger partial charge is 0.482 e. The van der Waals surface area contributed by atoms with Gasteiger partial charge >= 0.3 is 25.3 Å². The summed E-state index contributed by atoms with van der Waals surface area (Å²) in [6, 6.07) is 10.4. The molecule has 4 fully saturated rings. The second kappa shape index (κ2) is 16.2. The van der Waals surface area contributed by atoms with E-state index in [-0.39, 0.29) is 48.1 Å². The average molecular weight is 792 g/mol. The minimum absolute atomic E-state index is 0.0563. The van der Waals surface area contributed by atoms with Crippen LogP contribution in [0.25, 0.3) is 0 Å². The second-order valence-electron chi connectivity index (χ2n) is 19.4. The van der Waals surface area contributed by atoms with Crippen molar-refractivity contribution in [2.75, 3.05) is 7.11 Å². The number of rotatable bonds is 11. The van der Waals surface area contributed by atoms with Crippen LogP contribution in [0.5, 0.6) is 5.75 Å². The number of hydrogen-bond donors (Lipinski definition) is 3. The van der Waals surface area contributed by atoms with Crippen LogP contribution >= 0.6 is 0 Å². The highest BCUT2D eigenvalue weighted by Crippen LogP contribution is 2.65. The van der Waals surface area contributed by atoms with Crippen molar-refractivity contribution in [2.45, 2.75) is 150 Å². The maximum absolute atomic E-state index is 14.5. The molecule has 0 radical (unpaired) electrons. The number of ether oxygens (including phenoxy) is 4. The molecular weight excluding hydrogens is 729 g/mol. The Kier molecular flexibility index (Phi) is 12.4. The molecule has 0 aromatic heterocycles. The molecular formula is C43H62BN3O10. The van der Waals surface area contributed by atoms with Gasteiger partial charge in [-0.3, -0.25) is 4.79 Å². The highest BCUT2D eigenvalue weighted by molar-refractivity contribution is 6.48. The van der Waals surface area contributed by atoms with Crippen molar-refractivity contribution in [1.82, 2.24) is 16.0 Å². The first-order chi connectivity index (χ1) is 26.3. The van der Waals surface area contributed by atoms with Crippen molar-refractivity contribution >= 4 is 31.2 Å². The highest BCUT2D eigenvalue weighted by Gasteiger charge is 2.68. The molecule has 4 unspecified atom stereocenters. The van der Waals surface area contributed by atoms with Gasteiger partial charge in [0, 0.05) is 18.7 Å². The van der Waals surface area contributed by atoms with Crippen molar-refractivity contribution in [3.8, 4) is 5.75 Å². The maximum Gasteiger partial charge on any atom is 0.482 e. The van der Waals surface area contributed by atoms with E-state index < -0.39 is 59.5 Å². The fourth-order valence-electron chi connectivity index (χ4n) is 8.33. The average Bonchev–Trinajstić information content (AvgIpc) is 3.44. The van der Waals surface area contributed by atoms with Crippen LogP contribution in [0, 0.1) is 17.3 Å². The zero-order chi connectivity index (χ0) is 42.3. The number of hydrogen-bond acceptors (Lipinski definition) is 10. The third kappa shape index (κ3) is 10.6. The van der Waals surface area contributed by atoms with Gasteiger partial charge in [-0.2, -0.15) is 0 Å². The van der Waals surface area contributed by atoms with Crippen LogP contribution in [0.1, 0.15) is 133 Å². The Labute approximate surface area is 338 Å². The topological polar surface area (TPSA) is 160 Å². The molecule has 2 aromatic rings. The van der Waals surface area contributed by atoms with Crippen LogP contribution in [-0.4, -0.2) is 72.7 Å². The van der Waals surface area contributed by atoms with Crippen LogP contribution in [0.2, 0.25) is 0 Å². The Morgan fingerprint density at radius 3 is 1.89 bits per heavy atom. The van der Waals surface area contributed by atoms with E-state index in [9.17, 15) is 19.2 Å². The van der Waals surface area contributed by atoms with Crippen LogP contribution in [-0.2, 0) is 43.0 Å². The summed E-state index contributed by atoms with van der Waals surface area (Å²) in [5, 5.41) is 8.71. The van der Waals surface area contributed by atoms with E-state index >= 15 is 0 Å². The largest absolute Gasteiger partial charge is 0.496 e. The van der Waals surface area contributed by atoms with Crippen molar-refractivity contribution in [3.05, 3.63) is 64.2 Å². The van der Waals surface area contributed by atoms with Gasteiger partial charge in [0.25, 0.3) is 5.91 Å². The molecule has 2 aromatic carbocycles. The minimum Gasteiger partial charge on any atom is -0.496 e. The molecule has 57 heavy (non-hydrogen) atoms. The lowest BCUT2D eigenvalue weighted by Gasteiger charge is -2.64. The number of carbonyl (C=O) groups excluding carboxylic acids is 4. The van der Waals surface area contributed by atoms with Gasteiger partial charge in [0.05, 0.1) is 24.8 Å². The van der Waals surface area contributed by atoms with E-state index in [1.165, 1.54) is 7.11 Å². The summed E-state index contributed by atoms with van der Waals surface area (Å²) in [4.78, 5) is 52.9.